The Bertz CT molecular complexity index is 1030. The lowest BCUT2D eigenvalue weighted by molar-refractivity contribution is 0.102. The predicted octanol–water partition coefficient (Wildman–Crippen LogP) is 3.41. The summed E-state index contributed by atoms with van der Waals surface area (Å²) in [5.74, 6) is 0.715. The molecule has 0 radical (unpaired) electrons. The average Bonchev–Trinajstić information content (AvgIpc) is 3.22. The minimum Gasteiger partial charge on any atom is -0.492 e. The van der Waals surface area contributed by atoms with Gasteiger partial charge < -0.3 is 14.5 Å². The van der Waals surface area contributed by atoms with Crippen LogP contribution in [0.5, 0.6) is 5.75 Å². The van der Waals surface area contributed by atoms with Crippen molar-refractivity contribution in [1.29, 1.82) is 0 Å². The van der Waals surface area contributed by atoms with Crippen LogP contribution >= 0.6 is 0 Å². The van der Waals surface area contributed by atoms with E-state index in [1.807, 2.05) is 13.0 Å². The fourth-order valence-corrected chi connectivity index (χ4v) is 3.49. The Morgan fingerprint density at radius 2 is 1.79 bits per heavy atom. The van der Waals surface area contributed by atoms with E-state index >= 15 is 0 Å². The van der Waals surface area contributed by atoms with Gasteiger partial charge in [-0.1, -0.05) is 12.1 Å². The Balaban J connectivity index is 1.69. The van der Waals surface area contributed by atoms with Gasteiger partial charge in [0.25, 0.3) is 5.91 Å². The molecule has 1 aromatic heterocycles. The number of nitrogens with one attached hydrogen (secondary N) is 2. The van der Waals surface area contributed by atoms with Crippen molar-refractivity contribution in [3.63, 3.8) is 0 Å². The second-order valence-electron chi connectivity index (χ2n) is 5.81. The fourth-order valence-electron chi connectivity index (χ4n) is 2.49. The number of carbonyl (C=O) groups is 1. The average molecular weight is 400 g/mol. The molecule has 0 aliphatic heterocycles. The molecular weight excluding hydrogens is 380 g/mol. The van der Waals surface area contributed by atoms with Crippen LogP contribution in [0, 0.1) is 0 Å². The molecule has 7 nitrogen and oxygen atoms in total. The number of sulfonamides is 1. The number of benzene rings is 2. The van der Waals surface area contributed by atoms with Crippen LogP contribution in [0.2, 0.25) is 0 Å². The normalized spacial score (nSPS) is 11.2. The van der Waals surface area contributed by atoms with Crippen LogP contribution < -0.4 is 14.8 Å². The number of hydrogen-bond acceptors (Lipinski definition) is 5. The Labute approximate surface area is 163 Å². The summed E-state index contributed by atoms with van der Waals surface area (Å²) >= 11 is 0. The number of para-hydroxylation sites is 2. The molecule has 0 aliphatic rings. The third kappa shape index (κ3) is 4.79. The molecule has 0 spiro atoms. The van der Waals surface area contributed by atoms with Gasteiger partial charge in [-0.2, -0.15) is 0 Å². The summed E-state index contributed by atoms with van der Waals surface area (Å²) in [5.41, 5.74) is 0.877. The molecule has 8 heteroatoms. The van der Waals surface area contributed by atoms with Crippen LogP contribution in [0.1, 0.15) is 23.0 Å². The molecule has 146 valence electrons. The van der Waals surface area contributed by atoms with E-state index in [4.69, 9.17) is 9.15 Å². The van der Waals surface area contributed by atoms with Crippen LogP contribution in [0.25, 0.3) is 0 Å². The Kier molecular flexibility index (Phi) is 6.13. The van der Waals surface area contributed by atoms with E-state index < -0.39 is 10.0 Å². The standard InChI is InChI=1S/C20H20N2O5S/c1-2-26-19-8-4-3-7-18(19)22-20(23)15-9-11-17(12-10-15)28(24,25)21-14-16-6-5-13-27-16/h3-13,21H,2,14H2,1H3,(H,22,23). The lowest BCUT2D eigenvalue weighted by Crippen LogP contribution is -2.23. The summed E-state index contributed by atoms with van der Waals surface area (Å²) in [7, 11) is -3.71. The van der Waals surface area contributed by atoms with Gasteiger partial charge >= 0.3 is 0 Å². The molecule has 3 aromatic rings. The fraction of sp³-hybridized carbons (Fsp3) is 0.150. The summed E-state index contributed by atoms with van der Waals surface area (Å²) in [6.45, 7) is 2.38. The molecular formula is C20H20N2O5S. The van der Waals surface area contributed by atoms with Crippen LogP contribution in [-0.4, -0.2) is 20.9 Å². The van der Waals surface area contributed by atoms with Crippen molar-refractivity contribution in [2.45, 2.75) is 18.4 Å². The molecule has 0 fully saturated rings. The predicted molar refractivity (Wildman–Crippen MR) is 105 cm³/mol. The maximum atomic E-state index is 12.5. The van der Waals surface area contributed by atoms with Crippen molar-refractivity contribution in [2.75, 3.05) is 11.9 Å². The van der Waals surface area contributed by atoms with Crippen LogP contribution in [0.3, 0.4) is 0 Å². The minimum absolute atomic E-state index is 0.0474. The van der Waals surface area contributed by atoms with E-state index in [1.165, 1.54) is 30.5 Å². The van der Waals surface area contributed by atoms with Crippen molar-refractivity contribution in [3.05, 3.63) is 78.3 Å². The zero-order chi connectivity index (χ0) is 20.0. The van der Waals surface area contributed by atoms with E-state index in [0.717, 1.165) is 0 Å². The zero-order valence-corrected chi connectivity index (χ0v) is 16.0. The molecule has 0 saturated carbocycles. The van der Waals surface area contributed by atoms with E-state index in [-0.39, 0.29) is 17.3 Å². The minimum atomic E-state index is -3.71. The summed E-state index contributed by atoms with van der Waals surface area (Å²) < 4.78 is 37.7. The number of hydrogen-bond donors (Lipinski definition) is 2. The van der Waals surface area contributed by atoms with Gasteiger partial charge in [0, 0.05) is 5.56 Å². The highest BCUT2D eigenvalue weighted by Crippen LogP contribution is 2.24. The van der Waals surface area contributed by atoms with Gasteiger partial charge in [-0.05, 0) is 55.5 Å². The number of amides is 1. The van der Waals surface area contributed by atoms with Crippen LogP contribution in [0.4, 0.5) is 5.69 Å². The molecule has 0 atom stereocenters. The molecule has 2 N–H and O–H groups in total. The molecule has 0 unspecified atom stereocenters. The molecule has 0 aliphatic carbocycles. The summed E-state index contributed by atoms with van der Waals surface area (Å²) in [6.07, 6.45) is 1.47. The third-order valence-electron chi connectivity index (χ3n) is 3.88. The smallest absolute Gasteiger partial charge is 0.255 e. The Hall–Kier alpha value is -3.10. The molecule has 3 rings (SSSR count). The number of furan rings is 1. The quantitative estimate of drug-likeness (QED) is 0.604. The summed E-state index contributed by atoms with van der Waals surface area (Å²) in [4.78, 5) is 12.5. The lowest BCUT2D eigenvalue weighted by atomic mass is 10.2. The van der Waals surface area contributed by atoms with Gasteiger partial charge in [-0.3, -0.25) is 4.79 Å². The summed E-state index contributed by atoms with van der Waals surface area (Å²) in [6, 6.07) is 16.1. The highest BCUT2D eigenvalue weighted by Gasteiger charge is 2.16. The first kappa shape index (κ1) is 19.7. The monoisotopic (exact) mass is 400 g/mol. The van der Waals surface area contributed by atoms with Gasteiger partial charge in [0.05, 0.1) is 30.0 Å². The molecule has 0 saturated heterocycles. The second-order valence-corrected chi connectivity index (χ2v) is 7.58. The van der Waals surface area contributed by atoms with Crippen molar-refractivity contribution in [1.82, 2.24) is 4.72 Å². The number of carbonyl (C=O) groups excluding carboxylic acids is 1. The molecule has 1 heterocycles. The molecule has 28 heavy (non-hydrogen) atoms. The molecule has 2 aromatic carbocycles. The highest BCUT2D eigenvalue weighted by molar-refractivity contribution is 7.89. The van der Waals surface area contributed by atoms with Crippen molar-refractivity contribution >= 4 is 21.6 Å². The topological polar surface area (TPSA) is 97.6 Å². The van der Waals surface area contributed by atoms with E-state index in [2.05, 4.69) is 10.0 Å². The van der Waals surface area contributed by atoms with Gasteiger partial charge in [-0.25, -0.2) is 13.1 Å². The maximum Gasteiger partial charge on any atom is 0.255 e. The van der Waals surface area contributed by atoms with Crippen LogP contribution in [-0.2, 0) is 16.6 Å². The second kappa shape index (κ2) is 8.73. The van der Waals surface area contributed by atoms with Gasteiger partial charge in [-0.15, -0.1) is 0 Å². The first-order valence-corrected chi connectivity index (χ1v) is 10.1. The van der Waals surface area contributed by atoms with Gasteiger partial charge in [0.2, 0.25) is 10.0 Å². The number of anilines is 1. The highest BCUT2D eigenvalue weighted by atomic mass is 32.2. The van der Waals surface area contributed by atoms with Crippen LogP contribution in [0.15, 0.2) is 76.2 Å². The first-order valence-electron chi connectivity index (χ1n) is 8.65. The third-order valence-corrected chi connectivity index (χ3v) is 5.30. The van der Waals surface area contributed by atoms with E-state index in [1.54, 1.807) is 30.3 Å². The molecule has 0 bridgehead atoms. The number of ether oxygens (including phenoxy) is 1. The SMILES string of the molecule is CCOc1ccccc1NC(=O)c1ccc(S(=O)(=O)NCc2ccco2)cc1. The number of rotatable bonds is 8. The summed E-state index contributed by atoms with van der Waals surface area (Å²) in [5, 5.41) is 2.77. The van der Waals surface area contributed by atoms with Gasteiger partial charge in [0.1, 0.15) is 11.5 Å². The maximum absolute atomic E-state index is 12.5. The van der Waals surface area contributed by atoms with E-state index in [0.29, 0.717) is 29.4 Å². The van der Waals surface area contributed by atoms with Crippen molar-refractivity contribution < 1.29 is 22.4 Å². The Morgan fingerprint density at radius 3 is 2.46 bits per heavy atom. The lowest BCUT2D eigenvalue weighted by Gasteiger charge is -2.11. The molecule has 1 amide bonds. The van der Waals surface area contributed by atoms with Crippen molar-refractivity contribution in [3.8, 4) is 5.75 Å². The Morgan fingerprint density at radius 1 is 1.04 bits per heavy atom. The zero-order valence-electron chi connectivity index (χ0n) is 15.2. The van der Waals surface area contributed by atoms with Gasteiger partial charge in [0.15, 0.2) is 0 Å². The van der Waals surface area contributed by atoms with E-state index in [9.17, 15) is 13.2 Å². The van der Waals surface area contributed by atoms with Crippen molar-refractivity contribution in [2.24, 2.45) is 0 Å². The first-order chi connectivity index (χ1) is 13.5. The largest absolute Gasteiger partial charge is 0.492 e.